The van der Waals surface area contributed by atoms with E-state index in [-0.39, 0.29) is 17.7 Å². The van der Waals surface area contributed by atoms with Gasteiger partial charge in [-0.15, -0.1) is 11.8 Å². The predicted octanol–water partition coefficient (Wildman–Crippen LogP) is 5.49. The minimum Gasteiger partial charge on any atom is -0.497 e. The van der Waals surface area contributed by atoms with Crippen molar-refractivity contribution in [3.63, 3.8) is 0 Å². The lowest BCUT2D eigenvalue weighted by Gasteiger charge is -2.24. The van der Waals surface area contributed by atoms with Crippen molar-refractivity contribution in [1.29, 1.82) is 0 Å². The van der Waals surface area contributed by atoms with E-state index in [0.717, 1.165) is 27.5 Å². The Hall–Kier alpha value is -3.45. The number of carbonyl (C=O) groups excluding carboxylic acids is 1. The van der Waals surface area contributed by atoms with Crippen LogP contribution in [0, 0.1) is 6.92 Å². The minimum absolute atomic E-state index is 0.0658. The number of carbonyl (C=O) groups is 1. The molecule has 0 aromatic heterocycles. The fourth-order valence-corrected chi connectivity index (χ4v) is 4.71. The summed E-state index contributed by atoms with van der Waals surface area (Å²) in [6, 6.07) is 21.3. The van der Waals surface area contributed by atoms with Gasteiger partial charge in [0.05, 0.1) is 38.8 Å². The molecule has 1 atom stereocenters. The van der Waals surface area contributed by atoms with Crippen molar-refractivity contribution in [3.05, 3.63) is 83.4 Å². The van der Waals surface area contributed by atoms with E-state index in [2.05, 4.69) is 0 Å². The second-order valence-electron chi connectivity index (χ2n) is 7.92. The second kappa shape index (κ2) is 10.7. The molecule has 0 bridgehead atoms. The SMILES string of the molecule is COc1ccc(C2=NN(C(=O)CSc3ccc(C)cc3)[C@H](c3cccc(OC)c3OC)C2)cc1. The number of aryl methyl sites for hydroxylation is 1. The molecule has 6 nitrogen and oxygen atoms in total. The smallest absolute Gasteiger partial charge is 0.253 e. The number of thioether (sulfide) groups is 1. The normalized spacial score (nSPS) is 15.1. The quantitative estimate of drug-likeness (QED) is 0.402. The van der Waals surface area contributed by atoms with Gasteiger partial charge in [0.2, 0.25) is 0 Å². The molecule has 7 heteroatoms. The van der Waals surface area contributed by atoms with Crippen LogP contribution >= 0.6 is 11.8 Å². The van der Waals surface area contributed by atoms with E-state index in [1.807, 2.05) is 73.7 Å². The lowest BCUT2D eigenvalue weighted by molar-refractivity contribution is -0.130. The molecule has 1 heterocycles. The molecule has 3 aromatic carbocycles. The van der Waals surface area contributed by atoms with Crippen molar-refractivity contribution in [1.82, 2.24) is 5.01 Å². The van der Waals surface area contributed by atoms with Gasteiger partial charge < -0.3 is 14.2 Å². The molecule has 0 fully saturated rings. The number of nitrogens with zero attached hydrogens (tertiary/aromatic N) is 2. The highest BCUT2D eigenvalue weighted by molar-refractivity contribution is 8.00. The van der Waals surface area contributed by atoms with Gasteiger partial charge in [-0.1, -0.05) is 29.8 Å². The maximum absolute atomic E-state index is 13.4. The van der Waals surface area contributed by atoms with Crippen LogP contribution < -0.4 is 14.2 Å². The topological polar surface area (TPSA) is 60.4 Å². The van der Waals surface area contributed by atoms with Crippen LogP contribution in [0.1, 0.15) is 29.2 Å². The van der Waals surface area contributed by atoms with Crippen molar-refractivity contribution in [2.24, 2.45) is 5.10 Å². The molecule has 3 aromatic rings. The molecular formula is C27H28N2O4S. The third-order valence-electron chi connectivity index (χ3n) is 5.76. The summed E-state index contributed by atoms with van der Waals surface area (Å²) in [7, 11) is 4.86. The summed E-state index contributed by atoms with van der Waals surface area (Å²) < 4.78 is 16.5. The van der Waals surface area contributed by atoms with Gasteiger partial charge in [0, 0.05) is 16.9 Å². The maximum atomic E-state index is 13.4. The number of methoxy groups -OCH3 is 3. The number of ether oxygens (including phenoxy) is 3. The van der Waals surface area contributed by atoms with E-state index in [1.165, 1.54) is 17.3 Å². The molecular weight excluding hydrogens is 448 g/mol. The molecule has 0 N–H and O–H groups in total. The average Bonchev–Trinajstić information content (AvgIpc) is 3.33. The monoisotopic (exact) mass is 476 g/mol. The Labute approximate surface area is 204 Å². The van der Waals surface area contributed by atoms with E-state index < -0.39 is 0 Å². The Balaban J connectivity index is 1.65. The number of amides is 1. The van der Waals surface area contributed by atoms with Crippen LogP contribution in [0.2, 0.25) is 0 Å². The lowest BCUT2D eigenvalue weighted by Crippen LogP contribution is -2.28. The summed E-state index contributed by atoms with van der Waals surface area (Å²) in [4.78, 5) is 14.5. The highest BCUT2D eigenvalue weighted by Crippen LogP contribution is 2.42. The third kappa shape index (κ3) is 5.04. The van der Waals surface area contributed by atoms with Crippen molar-refractivity contribution in [2.75, 3.05) is 27.1 Å². The molecule has 1 aliphatic rings. The van der Waals surface area contributed by atoms with E-state index in [0.29, 0.717) is 17.9 Å². The summed E-state index contributed by atoms with van der Waals surface area (Å²) in [5, 5.41) is 6.37. The van der Waals surface area contributed by atoms with Crippen LogP contribution in [-0.2, 0) is 4.79 Å². The molecule has 176 valence electrons. The summed E-state index contributed by atoms with van der Waals surface area (Å²) in [6.07, 6.45) is 0.566. The largest absolute Gasteiger partial charge is 0.497 e. The number of hydrogen-bond acceptors (Lipinski definition) is 6. The Morgan fingerprint density at radius 1 is 0.971 bits per heavy atom. The first kappa shape index (κ1) is 23.7. The van der Waals surface area contributed by atoms with Crippen LogP contribution in [0.15, 0.2) is 76.7 Å². The predicted molar refractivity (Wildman–Crippen MR) is 135 cm³/mol. The van der Waals surface area contributed by atoms with Crippen molar-refractivity contribution in [2.45, 2.75) is 24.3 Å². The van der Waals surface area contributed by atoms with E-state index in [1.54, 1.807) is 26.3 Å². The molecule has 34 heavy (non-hydrogen) atoms. The van der Waals surface area contributed by atoms with Gasteiger partial charge in [0.15, 0.2) is 11.5 Å². The van der Waals surface area contributed by atoms with Crippen LogP contribution in [0.5, 0.6) is 17.2 Å². The molecule has 1 aliphatic heterocycles. The Morgan fingerprint density at radius 3 is 2.35 bits per heavy atom. The first-order valence-electron chi connectivity index (χ1n) is 11.0. The van der Waals surface area contributed by atoms with Gasteiger partial charge in [-0.3, -0.25) is 4.79 Å². The van der Waals surface area contributed by atoms with Crippen molar-refractivity contribution >= 4 is 23.4 Å². The van der Waals surface area contributed by atoms with Crippen LogP contribution in [0.25, 0.3) is 0 Å². The summed E-state index contributed by atoms with van der Waals surface area (Å²) in [6.45, 7) is 2.05. The van der Waals surface area contributed by atoms with Crippen LogP contribution in [-0.4, -0.2) is 43.7 Å². The fourth-order valence-electron chi connectivity index (χ4n) is 3.96. The molecule has 0 spiro atoms. The second-order valence-corrected chi connectivity index (χ2v) is 8.97. The number of para-hydroxylation sites is 1. The zero-order valence-electron chi connectivity index (χ0n) is 19.8. The van der Waals surface area contributed by atoms with E-state index in [4.69, 9.17) is 19.3 Å². The zero-order chi connectivity index (χ0) is 24.1. The molecule has 4 rings (SSSR count). The summed E-state index contributed by atoms with van der Waals surface area (Å²) in [5.41, 5.74) is 3.84. The Kier molecular flexibility index (Phi) is 7.43. The summed E-state index contributed by atoms with van der Waals surface area (Å²) in [5.74, 6) is 2.23. The lowest BCUT2D eigenvalue weighted by atomic mass is 9.97. The summed E-state index contributed by atoms with van der Waals surface area (Å²) >= 11 is 1.51. The minimum atomic E-state index is -0.298. The number of benzene rings is 3. The zero-order valence-corrected chi connectivity index (χ0v) is 20.6. The first-order valence-corrected chi connectivity index (χ1v) is 12.0. The molecule has 0 radical (unpaired) electrons. The van der Waals surface area contributed by atoms with Gasteiger partial charge in [-0.05, 0) is 55.0 Å². The number of hydrazone groups is 1. The average molecular weight is 477 g/mol. The highest BCUT2D eigenvalue weighted by Gasteiger charge is 2.35. The fraction of sp³-hybridized carbons (Fsp3) is 0.259. The van der Waals surface area contributed by atoms with Crippen LogP contribution in [0.3, 0.4) is 0 Å². The van der Waals surface area contributed by atoms with Gasteiger partial charge in [0.25, 0.3) is 5.91 Å². The Bertz CT molecular complexity index is 1180. The number of hydrogen-bond donors (Lipinski definition) is 0. The number of rotatable bonds is 8. The van der Waals surface area contributed by atoms with Crippen molar-refractivity contribution in [3.8, 4) is 17.2 Å². The third-order valence-corrected chi connectivity index (χ3v) is 6.76. The van der Waals surface area contributed by atoms with E-state index >= 15 is 0 Å². The standard InChI is InChI=1S/C27H28N2O4S/c1-18-8-14-21(15-9-18)34-17-26(30)29-24(22-6-5-7-25(32-3)27(22)33-4)16-23(28-29)19-10-12-20(31-2)13-11-19/h5-15,24H,16-17H2,1-4H3/t24-/m0/s1. The molecule has 0 saturated heterocycles. The van der Waals surface area contributed by atoms with E-state index in [9.17, 15) is 4.79 Å². The molecule has 0 unspecified atom stereocenters. The van der Waals surface area contributed by atoms with Crippen LogP contribution in [0.4, 0.5) is 0 Å². The van der Waals surface area contributed by atoms with Gasteiger partial charge in [-0.2, -0.15) is 5.10 Å². The molecule has 1 amide bonds. The highest BCUT2D eigenvalue weighted by atomic mass is 32.2. The Morgan fingerprint density at radius 2 is 1.71 bits per heavy atom. The first-order chi connectivity index (χ1) is 16.5. The van der Waals surface area contributed by atoms with Gasteiger partial charge >= 0.3 is 0 Å². The van der Waals surface area contributed by atoms with Gasteiger partial charge in [0.1, 0.15) is 5.75 Å². The molecule has 0 saturated carbocycles. The molecule has 0 aliphatic carbocycles. The van der Waals surface area contributed by atoms with Gasteiger partial charge in [-0.25, -0.2) is 5.01 Å². The maximum Gasteiger partial charge on any atom is 0.253 e. The van der Waals surface area contributed by atoms with Crippen molar-refractivity contribution < 1.29 is 19.0 Å².